The van der Waals surface area contributed by atoms with E-state index in [1.165, 1.54) is 25.3 Å². The summed E-state index contributed by atoms with van der Waals surface area (Å²) < 4.78 is 92.4. The molecule has 0 fully saturated rings. The van der Waals surface area contributed by atoms with Crippen LogP contribution in [0.25, 0.3) is 39.1 Å². The number of halogens is 6. The minimum absolute atomic E-state index is 0.0917. The van der Waals surface area contributed by atoms with E-state index in [0.717, 1.165) is 12.1 Å². The minimum Gasteiger partial charge on any atom is -0.497 e. The Morgan fingerprint density at radius 3 is 1.77 bits per heavy atom. The molecule has 4 aromatic carbocycles. The smallest absolute Gasteiger partial charge is 0.169 e. The molecule has 178 valence electrons. The zero-order valence-electron chi connectivity index (χ0n) is 18.7. The standard InChI is InChI=1S/C28H18F6O/c1-4-5-6-17-14(2)24(15-7-9-16(35-3)10-8-15)18-11-20(29)21(30)12-19(18)25(17)26-27(33)22(31)13-23(32)28(26)34/h4-13H,1H2,2-3H3/b6-5-. The first-order chi connectivity index (χ1) is 16.7. The zero-order chi connectivity index (χ0) is 25.4. The van der Waals surface area contributed by atoms with E-state index in [1.54, 1.807) is 31.2 Å². The third-order valence-corrected chi connectivity index (χ3v) is 5.79. The molecule has 0 spiro atoms. The highest BCUT2D eigenvalue weighted by Crippen LogP contribution is 2.45. The quantitative estimate of drug-likeness (QED) is 0.157. The normalized spacial score (nSPS) is 11.4. The number of allylic oxidation sites excluding steroid dienone is 2. The Bertz CT molecular complexity index is 1480. The molecule has 0 radical (unpaired) electrons. The van der Waals surface area contributed by atoms with Crippen molar-refractivity contribution in [1.29, 1.82) is 0 Å². The molecule has 0 heterocycles. The van der Waals surface area contributed by atoms with Crippen molar-refractivity contribution in [3.63, 3.8) is 0 Å². The Morgan fingerprint density at radius 2 is 1.26 bits per heavy atom. The molecule has 0 aromatic heterocycles. The molecule has 7 heteroatoms. The monoisotopic (exact) mass is 484 g/mol. The Kier molecular flexibility index (Phi) is 6.43. The van der Waals surface area contributed by atoms with Crippen molar-refractivity contribution in [2.24, 2.45) is 0 Å². The number of fused-ring (bicyclic) bond motifs is 1. The van der Waals surface area contributed by atoms with Crippen LogP contribution >= 0.6 is 0 Å². The van der Waals surface area contributed by atoms with Gasteiger partial charge >= 0.3 is 0 Å². The van der Waals surface area contributed by atoms with Gasteiger partial charge in [0.1, 0.15) is 5.75 Å². The fourth-order valence-electron chi connectivity index (χ4n) is 4.19. The topological polar surface area (TPSA) is 9.23 Å². The number of hydrogen-bond donors (Lipinski definition) is 0. The van der Waals surface area contributed by atoms with Gasteiger partial charge in [-0.1, -0.05) is 36.9 Å². The van der Waals surface area contributed by atoms with Crippen molar-refractivity contribution >= 4 is 16.8 Å². The summed E-state index contributed by atoms with van der Waals surface area (Å²) in [6, 6.07) is 8.45. The lowest BCUT2D eigenvalue weighted by atomic mass is 9.83. The average molecular weight is 484 g/mol. The van der Waals surface area contributed by atoms with E-state index in [9.17, 15) is 26.3 Å². The number of benzene rings is 4. The van der Waals surface area contributed by atoms with E-state index >= 15 is 0 Å². The van der Waals surface area contributed by atoms with Gasteiger partial charge < -0.3 is 4.74 Å². The second-order valence-corrected chi connectivity index (χ2v) is 7.77. The summed E-state index contributed by atoms with van der Waals surface area (Å²) in [6.45, 7) is 5.19. The second-order valence-electron chi connectivity index (χ2n) is 7.77. The molecule has 0 aliphatic carbocycles. The molecule has 35 heavy (non-hydrogen) atoms. The highest BCUT2D eigenvalue weighted by molar-refractivity contribution is 6.10. The SMILES string of the molecule is C=C/C=C\c1c(C)c(-c2ccc(OC)cc2)c2cc(F)c(F)cc2c1-c1c(F)c(F)cc(F)c1F. The zero-order valence-corrected chi connectivity index (χ0v) is 18.7. The van der Waals surface area contributed by atoms with Crippen LogP contribution in [0.4, 0.5) is 26.3 Å². The lowest BCUT2D eigenvalue weighted by Gasteiger charge is -2.21. The average Bonchev–Trinajstić information content (AvgIpc) is 2.84. The Labute approximate surface area is 197 Å². The maximum atomic E-state index is 15.0. The van der Waals surface area contributed by atoms with E-state index in [4.69, 9.17) is 4.74 Å². The summed E-state index contributed by atoms with van der Waals surface area (Å²) in [6.07, 6.45) is 4.29. The molecule has 4 aromatic rings. The van der Waals surface area contributed by atoms with Crippen molar-refractivity contribution in [3.05, 3.63) is 107 Å². The molecule has 4 rings (SSSR count). The molecule has 0 amide bonds. The van der Waals surface area contributed by atoms with Gasteiger partial charge in [-0.15, -0.1) is 0 Å². The van der Waals surface area contributed by atoms with Gasteiger partial charge in [0.2, 0.25) is 0 Å². The predicted molar refractivity (Wildman–Crippen MR) is 125 cm³/mol. The van der Waals surface area contributed by atoms with Gasteiger partial charge in [0.05, 0.1) is 12.7 Å². The van der Waals surface area contributed by atoms with E-state index < -0.39 is 40.5 Å². The summed E-state index contributed by atoms with van der Waals surface area (Å²) in [7, 11) is 1.49. The fraction of sp³-hybridized carbons (Fsp3) is 0.0714. The molecule has 0 aliphatic heterocycles. The Morgan fingerprint density at radius 1 is 0.714 bits per heavy atom. The van der Waals surface area contributed by atoms with Crippen LogP contribution in [-0.4, -0.2) is 7.11 Å². The van der Waals surface area contributed by atoms with Gasteiger partial charge in [-0.05, 0) is 64.2 Å². The molecule has 1 nitrogen and oxygen atoms in total. The van der Waals surface area contributed by atoms with Crippen LogP contribution in [0.1, 0.15) is 11.1 Å². The third-order valence-electron chi connectivity index (χ3n) is 5.79. The van der Waals surface area contributed by atoms with Crippen LogP contribution in [0.2, 0.25) is 0 Å². The third kappa shape index (κ3) is 4.07. The van der Waals surface area contributed by atoms with E-state index in [1.807, 2.05) is 0 Å². The molecule has 0 unspecified atom stereocenters. The van der Waals surface area contributed by atoms with Gasteiger partial charge in [0.25, 0.3) is 0 Å². The van der Waals surface area contributed by atoms with Gasteiger partial charge in [-0.25, -0.2) is 26.3 Å². The Hall–Kier alpha value is -4.00. The van der Waals surface area contributed by atoms with Gasteiger partial charge in [-0.3, -0.25) is 0 Å². The van der Waals surface area contributed by atoms with Crippen molar-refractivity contribution in [2.75, 3.05) is 7.11 Å². The largest absolute Gasteiger partial charge is 0.497 e. The predicted octanol–water partition coefficient (Wildman–Crippen LogP) is 8.52. The first-order valence-corrected chi connectivity index (χ1v) is 10.4. The molecular formula is C28H18F6O. The van der Waals surface area contributed by atoms with Crippen molar-refractivity contribution in [3.8, 4) is 28.0 Å². The van der Waals surface area contributed by atoms with Gasteiger partial charge in [-0.2, -0.15) is 0 Å². The fourth-order valence-corrected chi connectivity index (χ4v) is 4.19. The maximum Gasteiger partial charge on any atom is 0.169 e. The summed E-state index contributed by atoms with van der Waals surface area (Å²) in [5.74, 6) is -8.48. The first kappa shape index (κ1) is 24.1. The first-order valence-electron chi connectivity index (χ1n) is 10.4. The van der Waals surface area contributed by atoms with Crippen LogP contribution in [0.3, 0.4) is 0 Å². The Balaban J connectivity index is 2.27. The van der Waals surface area contributed by atoms with Crippen LogP contribution in [-0.2, 0) is 0 Å². The number of hydrogen-bond acceptors (Lipinski definition) is 1. The molecule has 0 aliphatic rings. The molecule has 0 atom stereocenters. The highest BCUT2D eigenvalue weighted by Gasteiger charge is 2.27. The van der Waals surface area contributed by atoms with E-state index in [2.05, 4.69) is 6.58 Å². The van der Waals surface area contributed by atoms with Crippen molar-refractivity contribution < 1.29 is 31.1 Å². The number of methoxy groups -OCH3 is 1. The molecule has 0 N–H and O–H groups in total. The van der Waals surface area contributed by atoms with Gasteiger partial charge in [0, 0.05) is 11.6 Å². The van der Waals surface area contributed by atoms with E-state index in [-0.39, 0.29) is 28.0 Å². The maximum absolute atomic E-state index is 15.0. The summed E-state index contributed by atoms with van der Waals surface area (Å²) in [5, 5.41) is -0.0346. The molecule has 0 bridgehead atoms. The lowest BCUT2D eigenvalue weighted by Crippen LogP contribution is -2.04. The number of rotatable bonds is 5. The van der Waals surface area contributed by atoms with Crippen LogP contribution in [0.15, 0.2) is 61.2 Å². The summed E-state index contributed by atoms with van der Waals surface area (Å²) in [4.78, 5) is 0. The van der Waals surface area contributed by atoms with Crippen molar-refractivity contribution in [2.45, 2.75) is 6.92 Å². The van der Waals surface area contributed by atoms with Crippen LogP contribution in [0, 0.1) is 41.8 Å². The number of ether oxygens (including phenoxy) is 1. The summed E-state index contributed by atoms with van der Waals surface area (Å²) >= 11 is 0. The highest BCUT2D eigenvalue weighted by atomic mass is 19.2. The lowest BCUT2D eigenvalue weighted by molar-refractivity contribution is 0.415. The molecule has 0 saturated carbocycles. The van der Waals surface area contributed by atoms with Gasteiger partial charge in [0.15, 0.2) is 34.9 Å². The molecular weight excluding hydrogens is 466 g/mol. The second kappa shape index (κ2) is 9.33. The minimum atomic E-state index is -1.65. The van der Waals surface area contributed by atoms with Crippen molar-refractivity contribution in [1.82, 2.24) is 0 Å². The van der Waals surface area contributed by atoms with E-state index in [0.29, 0.717) is 22.4 Å². The van der Waals surface area contributed by atoms with Crippen LogP contribution in [0.5, 0.6) is 5.75 Å². The van der Waals surface area contributed by atoms with Crippen LogP contribution < -0.4 is 4.74 Å². The molecule has 0 saturated heterocycles. The summed E-state index contributed by atoms with van der Waals surface area (Å²) in [5.41, 5.74) is 0.228.